The van der Waals surface area contributed by atoms with Gasteiger partial charge in [0.2, 0.25) is 0 Å². The molecule has 0 amide bonds. The lowest BCUT2D eigenvalue weighted by atomic mass is 10.3. The second-order valence-electron chi connectivity index (χ2n) is 4.95. The number of furan rings is 1. The summed E-state index contributed by atoms with van der Waals surface area (Å²) in [5, 5.41) is 0. The number of methoxy groups -OCH3 is 1. The highest BCUT2D eigenvalue weighted by atomic mass is 16.5. The molecule has 3 rings (SSSR count). The molecular weight excluding hydrogens is 280 g/mol. The molecule has 0 spiro atoms. The summed E-state index contributed by atoms with van der Waals surface area (Å²) in [5.74, 6) is 3.00. The zero-order valence-electron chi connectivity index (χ0n) is 12.6. The Kier molecular flexibility index (Phi) is 4.14. The molecule has 0 bridgehead atoms. The van der Waals surface area contributed by atoms with Crippen molar-refractivity contribution in [2.45, 2.75) is 13.0 Å². The van der Waals surface area contributed by atoms with Crippen molar-refractivity contribution in [1.29, 1.82) is 0 Å². The summed E-state index contributed by atoms with van der Waals surface area (Å²) in [7, 11) is 1.64. The minimum Gasteiger partial charge on any atom is -0.493 e. The molecular formula is C17H18N2O3. The van der Waals surface area contributed by atoms with Crippen LogP contribution >= 0.6 is 0 Å². The van der Waals surface area contributed by atoms with Crippen molar-refractivity contribution in [2.75, 3.05) is 13.7 Å². The summed E-state index contributed by atoms with van der Waals surface area (Å²) >= 11 is 0. The molecule has 0 saturated carbocycles. The molecule has 0 fully saturated rings. The van der Waals surface area contributed by atoms with Gasteiger partial charge in [-0.05, 0) is 31.2 Å². The van der Waals surface area contributed by atoms with Crippen LogP contribution in [0.15, 0.2) is 59.5 Å². The van der Waals surface area contributed by atoms with Gasteiger partial charge in [-0.15, -0.1) is 0 Å². The first-order chi connectivity index (χ1) is 10.8. The lowest BCUT2D eigenvalue weighted by molar-refractivity contribution is 0.249. The third kappa shape index (κ3) is 2.83. The van der Waals surface area contributed by atoms with Gasteiger partial charge in [0.25, 0.3) is 0 Å². The van der Waals surface area contributed by atoms with Crippen LogP contribution in [0.5, 0.6) is 11.5 Å². The summed E-state index contributed by atoms with van der Waals surface area (Å²) in [4.78, 5) is 4.36. The molecule has 1 unspecified atom stereocenters. The van der Waals surface area contributed by atoms with Crippen LogP contribution in [0.3, 0.4) is 0 Å². The highest BCUT2D eigenvalue weighted by Crippen LogP contribution is 2.27. The average molecular weight is 298 g/mol. The van der Waals surface area contributed by atoms with Crippen LogP contribution in [0.2, 0.25) is 0 Å². The number of hydrogen-bond donors (Lipinski definition) is 0. The van der Waals surface area contributed by atoms with Gasteiger partial charge in [0.1, 0.15) is 6.61 Å². The Labute approximate surface area is 129 Å². The van der Waals surface area contributed by atoms with Crippen LogP contribution in [0, 0.1) is 0 Å². The first-order valence-corrected chi connectivity index (χ1v) is 7.12. The van der Waals surface area contributed by atoms with E-state index in [0.717, 1.165) is 23.1 Å². The Balaban J connectivity index is 1.73. The summed E-state index contributed by atoms with van der Waals surface area (Å²) in [6.07, 6.45) is 5.33. The van der Waals surface area contributed by atoms with Crippen LogP contribution < -0.4 is 9.47 Å². The summed E-state index contributed by atoms with van der Waals surface area (Å²) < 4.78 is 18.6. The highest BCUT2D eigenvalue weighted by molar-refractivity contribution is 5.47. The Morgan fingerprint density at radius 1 is 1.18 bits per heavy atom. The number of para-hydroxylation sites is 2. The number of hydrogen-bond acceptors (Lipinski definition) is 4. The monoisotopic (exact) mass is 298 g/mol. The molecule has 2 aromatic heterocycles. The fourth-order valence-corrected chi connectivity index (χ4v) is 2.29. The van der Waals surface area contributed by atoms with Crippen molar-refractivity contribution in [3.8, 4) is 23.1 Å². The zero-order chi connectivity index (χ0) is 15.4. The van der Waals surface area contributed by atoms with Crippen LogP contribution in [0.25, 0.3) is 11.6 Å². The van der Waals surface area contributed by atoms with Crippen molar-refractivity contribution >= 4 is 0 Å². The Hall–Kier alpha value is -2.69. The summed E-state index contributed by atoms with van der Waals surface area (Å²) in [5.41, 5.74) is 0. The van der Waals surface area contributed by atoms with Crippen molar-refractivity contribution in [2.24, 2.45) is 0 Å². The second kappa shape index (κ2) is 6.39. The van der Waals surface area contributed by atoms with E-state index in [2.05, 4.69) is 11.9 Å². The minimum absolute atomic E-state index is 0.104. The maximum absolute atomic E-state index is 5.88. The van der Waals surface area contributed by atoms with Crippen molar-refractivity contribution in [3.05, 3.63) is 55.1 Å². The molecule has 114 valence electrons. The number of aromatic nitrogens is 2. The number of nitrogens with zero attached hydrogens (tertiary/aromatic N) is 2. The Bertz CT molecular complexity index is 719. The molecule has 1 atom stereocenters. The van der Waals surface area contributed by atoms with Crippen molar-refractivity contribution < 1.29 is 13.9 Å². The van der Waals surface area contributed by atoms with Gasteiger partial charge in [-0.3, -0.25) is 0 Å². The van der Waals surface area contributed by atoms with E-state index in [1.807, 2.05) is 47.2 Å². The fraction of sp³-hybridized carbons (Fsp3) is 0.235. The largest absolute Gasteiger partial charge is 0.493 e. The van der Waals surface area contributed by atoms with E-state index >= 15 is 0 Å². The Morgan fingerprint density at radius 3 is 2.73 bits per heavy atom. The molecule has 5 nitrogen and oxygen atoms in total. The van der Waals surface area contributed by atoms with Crippen molar-refractivity contribution in [1.82, 2.24) is 9.55 Å². The molecule has 1 aromatic carbocycles. The highest BCUT2D eigenvalue weighted by Gasteiger charge is 2.15. The molecule has 0 N–H and O–H groups in total. The standard InChI is InChI=1S/C17H18N2O3/c1-13(12-22-15-7-4-3-6-14(15)20-2)19-10-9-18-17(19)16-8-5-11-21-16/h3-11,13H,12H2,1-2H3. The molecule has 3 aromatic rings. The van der Waals surface area contributed by atoms with Gasteiger partial charge in [-0.2, -0.15) is 0 Å². The lowest BCUT2D eigenvalue weighted by Crippen LogP contribution is -2.14. The van der Waals surface area contributed by atoms with Gasteiger partial charge in [0.05, 0.1) is 19.4 Å². The smallest absolute Gasteiger partial charge is 0.176 e. The van der Waals surface area contributed by atoms with E-state index < -0.39 is 0 Å². The summed E-state index contributed by atoms with van der Waals surface area (Å²) in [6.45, 7) is 2.58. The van der Waals surface area contributed by atoms with E-state index in [1.165, 1.54) is 0 Å². The molecule has 0 saturated heterocycles. The lowest BCUT2D eigenvalue weighted by Gasteiger charge is -2.17. The van der Waals surface area contributed by atoms with Gasteiger partial charge in [0.15, 0.2) is 23.1 Å². The minimum atomic E-state index is 0.104. The third-order valence-corrected chi connectivity index (χ3v) is 3.43. The number of ether oxygens (including phenoxy) is 2. The molecule has 22 heavy (non-hydrogen) atoms. The van der Waals surface area contributed by atoms with Crippen LogP contribution in [-0.2, 0) is 0 Å². The normalized spacial score (nSPS) is 12.1. The second-order valence-corrected chi connectivity index (χ2v) is 4.95. The van der Waals surface area contributed by atoms with Crippen LogP contribution in [0.1, 0.15) is 13.0 Å². The number of imidazole rings is 1. The maximum Gasteiger partial charge on any atom is 0.176 e. The van der Waals surface area contributed by atoms with Crippen LogP contribution in [-0.4, -0.2) is 23.3 Å². The quantitative estimate of drug-likeness (QED) is 0.694. The molecule has 0 aliphatic rings. The average Bonchev–Trinajstić information content (AvgIpc) is 3.23. The third-order valence-electron chi connectivity index (χ3n) is 3.43. The maximum atomic E-state index is 5.88. The predicted molar refractivity (Wildman–Crippen MR) is 83.1 cm³/mol. The predicted octanol–water partition coefficient (Wildman–Crippen LogP) is 3.79. The van der Waals surface area contributed by atoms with E-state index in [1.54, 1.807) is 19.6 Å². The van der Waals surface area contributed by atoms with E-state index in [0.29, 0.717) is 6.61 Å². The van der Waals surface area contributed by atoms with Gasteiger partial charge in [0, 0.05) is 12.4 Å². The van der Waals surface area contributed by atoms with E-state index in [-0.39, 0.29) is 6.04 Å². The molecule has 0 radical (unpaired) electrons. The first-order valence-electron chi connectivity index (χ1n) is 7.12. The SMILES string of the molecule is COc1ccccc1OCC(C)n1ccnc1-c1ccco1. The van der Waals surface area contributed by atoms with E-state index in [4.69, 9.17) is 13.9 Å². The molecule has 2 heterocycles. The fourth-order valence-electron chi connectivity index (χ4n) is 2.29. The molecule has 5 heteroatoms. The topological polar surface area (TPSA) is 49.4 Å². The number of rotatable bonds is 6. The molecule has 0 aliphatic carbocycles. The number of benzene rings is 1. The summed E-state index contributed by atoms with van der Waals surface area (Å²) in [6, 6.07) is 11.5. The first kappa shape index (κ1) is 14.3. The van der Waals surface area contributed by atoms with Gasteiger partial charge in [-0.25, -0.2) is 4.98 Å². The molecule has 0 aliphatic heterocycles. The Morgan fingerprint density at radius 2 is 2.00 bits per heavy atom. The van der Waals surface area contributed by atoms with Gasteiger partial charge in [-0.1, -0.05) is 12.1 Å². The zero-order valence-corrected chi connectivity index (χ0v) is 12.6. The van der Waals surface area contributed by atoms with Gasteiger partial charge < -0.3 is 18.5 Å². The van der Waals surface area contributed by atoms with Gasteiger partial charge >= 0.3 is 0 Å². The van der Waals surface area contributed by atoms with Crippen molar-refractivity contribution in [3.63, 3.8) is 0 Å². The van der Waals surface area contributed by atoms with E-state index in [9.17, 15) is 0 Å². The van der Waals surface area contributed by atoms with Crippen LogP contribution in [0.4, 0.5) is 0 Å².